The highest BCUT2D eigenvalue weighted by molar-refractivity contribution is 8.00. The Morgan fingerprint density at radius 3 is 2.81 bits per heavy atom. The Labute approximate surface area is 194 Å². The van der Waals surface area contributed by atoms with E-state index in [4.69, 9.17) is 14.5 Å². The fraction of sp³-hybridized carbons (Fsp3) is 0.261. The van der Waals surface area contributed by atoms with Gasteiger partial charge >= 0.3 is 0 Å². The molecule has 0 saturated heterocycles. The Hall–Kier alpha value is -2.91. The summed E-state index contributed by atoms with van der Waals surface area (Å²) < 4.78 is 12.4. The number of fused-ring (bicyclic) bond motifs is 1. The summed E-state index contributed by atoms with van der Waals surface area (Å²) in [6.07, 6.45) is 0.731. The zero-order chi connectivity index (χ0) is 22.7. The number of carbonyl (C=O) groups is 1. The van der Waals surface area contributed by atoms with Crippen molar-refractivity contribution in [1.29, 1.82) is 0 Å². The average Bonchev–Trinajstić information content (AvgIpc) is 3.26. The standard InChI is InChI=1S/C23H23N3O4S2/c1-14-5-4-6-15(11-14)24-20(27)13-32-23-25-17-9-10-31-21(17)22(28)26(23)18-12-16(29-2)7-8-19(18)30-3/h4-8,11-12H,9-10,13H2,1-3H3,(H,24,27). The van der Waals surface area contributed by atoms with Gasteiger partial charge in [-0.25, -0.2) is 4.98 Å². The largest absolute Gasteiger partial charge is 0.497 e. The maximum Gasteiger partial charge on any atom is 0.272 e. The molecular formula is C23H23N3O4S2. The van der Waals surface area contributed by atoms with E-state index in [-0.39, 0.29) is 17.2 Å². The molecule has 0 spiro atoms. The van der Waals surface area contributed by atoms with E-state index in [0.29, 0.717) is 27.2 Å². The molecule has 4 rings (SSSR count). The first-order valence-corrected chi connectivity index (χ1v) is 12.0. The molecule has 1 aliphatic heterocycles. The number of thioether (sulfide) groups is 2. The van der Waals surface area contributed by atoms with Gasteiger partial charge in [0.15, 0.2) is 5.16 Å². The van der Waals surface area contributed by atoms with Crippen molar-refractivity contribution in [3.8, 4) is 17.2 Å². The lowest BCUT2D eigenvalue weighted by Gasteiger charge is -2.17. The van der Waals surface area contributed by atoms with Crippen molar-refractivity contribution in [1.82, 2.24) is 9.55 Å². The summed E-state index contributed by atoms with van der Waals surface area (Å²) in [5.74, 6) is 1.86. The number of anilines is 1. The van der Waals surface area contributed by atoms with E-state index < -0.39 is 0 Å². The van der Waals surface area contributed by atoms with Crippen LogP contribution in [-0.4, -0.2) is 41.2 Å². The molecule has 0 saturated carbocycles. The molecule has 3 aromatic rings. The van der Waals surface area contributed by atoms with E-state index >= 15 is 0 Å². The zero-order valence-corrected chi connectivity index (χ0v) is 19.6. The van der Waals surface area contributed by atoms with Crippen LogP contribution in [0.5, 0.6) is 11.5 Å². The Kier molecular flexibility index (Phi) is 6.76. The van der Waals surface area contributed by atoms with E-state index in [0.717, 1.165) is 29.1 Å². The van der Waals surface area contributed by atoms with Crippen molar-refractivity contribution in [2.24, 2.45) is 0 Å². The molecule has 9 heteroatoms. The van der Waals surface area contributed by atoms with Gasteiger partial charge in [0.25, 0.3) is 5.56 Å². The van der Waals surface area contributed by atoms with Gasteiger partial charge < -0.3 is 14.8 Å². The number of methoxy groups -OCH3 is 2. The molecular weight excluding hydrogens is 446 g/mol. The molecule has 2 heterocycles. The first kappa shape index (κ1) is 22.3. The first-order chi connectivity index (χ1) is 15.5. The molecule has 0 bridgehead atoms. The van der Waals surface area contributed by atoms with Gasteiger partial charge in [0, 0.05) is 23.9 Å². The second-order valence-electron chi connectivity index (χ2n) is 7.15. The number of amides is 1. The van der Waals surface area contributed by atoms with Crippen LogP contribution in [0.2, 0.25) is 0 Å². The fourth-order valence-electron chi connectivity index (χ4n) is 3.42. The second kappa shape index (κ2) is 9.70. The van der Waals surface area contributed by atoms with Crippen LogP contribution < -0.4 is 20.3 Å². The van der Waals surface area contributed by atoms with E-state index in [1.807, 2.05) is 31.2 Å². The summed E-state index contributed by atoms with van der Waals surface area (Å²) in [6, 6.07) is 12.9. The van der Waals surface area contributed by atoms with Crippen molar-refractivity contribution >= 4 is 35.1 Å². The van der Waals surface area contributed by atoms with Gasteiger partial charge in [0.1, 0.15) is 11.5 Å². The molecule has 1 aliphatic rings. The number of rotatable bonds is 7. The van der Waals surface area contributed by atoms with Crippen molar-refractivity contribution in [3.63, 3.8) is 0 Å². The summed E-state index contributed by atoms with van der Waals surface area (Å²) in [4.78, 5) is 31.4. The molecule has 0 unspecified atom stereocenters. The maximum absolute atomic E-state index is 13.4. The third-order valence-corrected chi connectivity index (χ3v) is 6.97. The van der Waals surface area contributed by atoms with Crippen molar-refractivity contribution in [3.05, 3.63) is 64.1 Å². The fourth-order valence-corrected chi connectivity index (χ4v) is 5.27. The van der Waals surface area contributed by atoms with Crippen LogP contribution in [0.25, 0.3) is 5.69 Å². The monoisotopic (exact) mass is 469 g/mol. The molecule has 0 fully saturated rings. The molecule has 2 aromatic carbocycles. The highest BCUT2D eigenvalue weighted by atomic mass is 32.2. The first-order valence-electron chi connectivity index (χ1n) is 10.0. The van der Waals surface area contributed by atoms with E-state index in [9.17, 15) is 9.59 Å². The summed E-state index contributed by atoms with van der Waals surface area (Å²) in [6.45, 7) is 1.97. The molecule has 0 atom stereocenters. The SMILES string of the molecule is COc1ccc(OC)c(-n2c(SCC(=O)Nc3cccc(C)c3)nc3c(c2=O)SCC3)c1. The molecule has 32 heavy (non-hydrogen) atoms. The Morgan fingerprint density at radius 2 is 2.06 bits per heavy atom. The number of benzene rings is 2. The van der Waals surface area contributed by atoms with Crippen LogP contribution in [0, 0.1) is 6.92 Å². The quantitative estimate of drug-likeness (QED) is 0.415. The van der Waals surface area contributed by atoms with Crippen LogP contribution >= 0.6 is 23.5 Å². The highest BCUT2D eigenvalue weighted by Gasteiger charge is 2.24. The minimum absolute atomic E-state index is 0.110. The van der Waals surface area contributed by atoms with Crippen molar-refractivity contribution in [2.75, 3.05) is 31.0 Å². The lowest BCUT2D eigenvalue weighted by molar-refractivity contribution is -0.113. The Bertz CT molecular complexity index is 1230. The minimum Gasteiger partial charge on any atom is -0.497 e. The van der Waals surface area contributed by atoms with Crippen molar-refractivity contribution < 1.29 is 14.3 Å². The van der Waals surface area contributed by atoms with E-state index in [1.165, 1.54) is 28.1 Å². The lowest BCUT2D eigenvalue weighted by atomic mass is 10.2. The molecule has 1 N–H and O–H groups in total. The second-order valence-corrected chi connectivity index (χ2v) is 9.20. The molecule has 166 valence electrons. The van der Waals surface area contributed by atoms with Crippen LogP contribution in [-0.2, 0) is 11.2 Å². The lowest BCUT2D eigenvalue weighted by Crippen LogP contribution is -2.25. The minimum atomic E-state index is -0.172. The number of aromatic nitrogens is 2. The number of carbonyl (C=O) groups excluding carboxylic acids is 1. The van der Waals surface area contributed by atoms with Crippen LogP contribution in [0.4, 0.5) is 5.69 Å². The number of hydrogen-bond acceptors (Lipinski definition) is 7. The third-order valence-electron chi connectivity index (χ3n) is 4.93. The average molecular weight is 470 g/mol. The zero-order valence-electron chi connectivity index (χ0n) is 18.0. The van der Waals surface area contributed by atoms with E-state index in [1.54, 1.807) is 32.4 Å². The summed E-state index contributed by atoms with van der Waals surface area (Å²) >= 11 is 2.73. The van der Waals surface area contributed by atoms with Gasteiger partial charge in [0.05, 0.1) is 36.2 Å². The number of aryl methyl sites for hydroxylation is 2. The number of ether oxygens (including phenoxy) is 2. The Balaban J connectivity index is 1.69. The number of nitrogens with one attached hydrogen (secondary N) is 1. The number of nitrogens with zero attached hydrogens (tertiary/aromatic N) is 2. The van der Waals surface area contributed by atoms with E-state index in [2.05, 4.69) is 5.32 Å². The molecule has 0 aliphatic carbocycles. The Morgan fingerprint density at radius 1 is 1.22 bits per heavy atom. The molecule has 7 nitrogen and oxygen atoms in total. The van der Waals surface area contributed by atoms with Crippen LogP contribution in [0.1, 0.15) is 11.3 Å². The highest BCUT2D eigenvalue weighted by Crippen LogP contribution is 2.33. The van der Waals surface area contributed by atoms with Crippen LogP contribution in [0.3, 0.4) is 0 Å². The smallest absolute Gasteiger partial charge is 0.272 e. The third kappa shape index (κ3) is 4.63. The van der Waals surface area contributed by atoms with Crippen molar-refractivity contribution in [2.45, 2.75) is 23.4 Å². The summed E-state index contributed by atoms with van der Waals surface area (Å²) in [5, 5.41) is 3.34. The van der Waals surface area contributed by atoms with Gasteiger partial charge in [0.2, 0.25) is 5.91 Å². The predicted molar refractivity (Wildman–Crippen MR) is 128 cm³/mol. The summed E-state index contributed by atoms with van der Waals surface area (Å²) in [7, 11) is 3.12. The topological polar surface area (TPSA) is 82.4 Å². The molecule has 0 radical (unpaired) electrons. The predicted octanol–water partition coefficient (Wildman–Crippen LogP) is 3.94. The molecule has 1 aromatic heterocycles. The van der Waals surface area contributed by atoms with Gasteiger partial charge in [-0.1, -0.05) is 23.9 Å². The molecule has 1 amide bonds. The van der Waals surface area contributed by atoms with Crippen LogP contribution in [0.15, 0.2) is 57.3 Å². The number of hydrogen-bond donors (Lipinski definition) is 1. The van der Waals surface area contributed by atoms with Gasteiger partial charge in [-0.2, -0.15) is 0 Å². The maximum atomic E-state index is 13.4. The van der Waals surface area contributed by atoms with Gasteiger partial charge in [-0.05, 0) is 36.8 Å². The summed E-state index contributed by atoms with van der Waals surface area (Å²) in [5.41, 5.74) is 2.94. The van der Waals surface area contributed by atoms with Gasteiger partial charge in [-0.3, -0.25) is 14.2 Å². The normalized spacial score (nSPS) is 12.3. The van der Waals surface area contributed by atoms with Gasteiger partial charge in [-0.15, -0.1) is 11.8 Å².